The van der Waals surface area contributed by atoms with Crippen LogP contribution >= 0.6 is 11.6 Å². The van der Waals surface area contributed by atoms with Crippen molar-refractivity contribution in [3.63, 3.8) is 0 Å². The second kappa shape index (κ2) is 6.06. The van der Waals surface area contributed by atoms with Gasteiger partial charge in [-0.2, -0.15) is 5.26 Å². The van der Waals surface area contributed by atoms with Crippen LogP contribution in [-0.2, 0) is 0 Å². The van der Waals surface area contributed by atoms with Crippen molar-refractivity contribution in [1.29, 1.82) is 5.26 Å². The van der Waals surface area contributed by atoms with Gasteiger partial charge in [0.15, 0.2) is 0 Å². The van der Waals surface area contributed by atoms with Gasteiger partial charge in [0.25, 0.3) is 0 Å². The molecule has 0 aliphatic rings. The van der Waals surface area contributed by atoms with E-state index in [1.54, 1.807) is 30.3 Å². The Morgan fingerprint density at radius 1 is 1.38 bits per heavy atom. The van der Waals surface area contributed by atoms with E-state index in [0.717, 1.165) is 0 Å². The molecule has 0 radical (unpaired) electrons. The van der Waals surface area contributed by atoms with Crippen LogP contribution in [0.2, 0.25) is 5.02 Å². The Morgan fingerprint density at radius 3 is 2.31 bits per heavy atom. The normalized spacial score (nSPS) is 10.0. The van der Waals surface area contributed by atoms with Crippen LogP contribution in [0.3, 0.4) is 0 Å². The summed E-state index contributed by atoms with van der Waals surface area (Å²) < 4.78 is 0. The average molecular weight is 202 g/mol. The van der Waals surface area contributed by atoms with E-state index >= 15 is 0 Å². The molecule has 0 atom stereocenters. The van der Waals surface area contributed by atoms with Gasteiger partial charge in [-0.3, -0.25) is 0 Å². The van der Waals surface area contributed by atoms with Gasteiger partial charge in [0, 0.05) is 10.6 Å². The molecule has 0 fully saturated rings. The van der Waals surface area contributed by atoms with Crippen LogP contribution in [0.5, 0.6) is 0 Å². The molecule has 4 heteroatoms. The van der Waals surface area contributed by atoms with Crippen molar-refractivity contribution in [1.82, 2.24) is 0 Å². The van der Waals surface area contributed by atoms with Crippen LogP contribution in [0.15, 0.2) is 30.5 Å². The molecule has 0 aliphatic heterocycles. The number of benzene rings is 1. The molecule has 2 nitrogen and oxygen atoms in total. The molecule has 60 valence electrons. The molecule has 0 saturated carbocycles. The van der Waals surface area contributed by atoms with Crippen LogP contribution in [0.4, 0.5) is 0 Å². The first-order valence-electron chi connectivity index (χ1n) is 3.26. The van der Waals surface area contributed by atoms with E-state index in [1.165, 1.54) is 0 Å². The molecule has 0 spiro atoms. The summed E-state index contributed by atoms with van der Waals surface area (Å²) >= 11 is 5.62. The van der Waals surface area contributed by atoms with Gasteiger partial charge in [-0.15, -0.1) is 6.26 Å². The standard InChI is InChI=1S/C9H6ClNO.Na/c10-9-3-1-7(2-4-9)8(5-11)6-12;/h1-4,6,12H;/q;+1/p-1. The Morgan fingerprint density at radius 2 is 1.92 bits per heavy atom. The first kappa shape index (κ1) is 12.5. The van der Waals surface area contributed by atoms with E-state index in [1.807, 2.05) is 0 Å². The van der Waals surface area contributed by atoms with Gasteiger partial charge in [0.1, 0.15) is 0 Å². The number of nitrogens with zero attached hydrogens (tertiary/aromatic N) is 1. The maximum absolute atomic E-state index is 10.3. The molecule has 13 heavy (non-hydrogen) atoms. The van der Waals surface area contributed by atoms with Gasteiger partial charge in [-0.05, 0) is 17.7 Å². The third-order valence-corrected chi connectivity index (χ3v) is 1.65. The van der Waals surface area contributed by atoms with Crippen LogP contribution in [-0.4, -0.2) is 0 Å². The van der Waals surface area contributed by atoms with Crippen molar-refractivity contribution >= 4 is 17.2 Å². The van der Waals surface area contributed by atoms with Gasteiger partial charge in [0.2, 0.25) is 0 Å². The smallest absolute Gasteiger partial charge is 0.877 e. The van der Waals surface area contributed by atoms with E-state index in [9.17, 15) is 5.11 Å². The number of hydrogen-bond acceptors (Lipinski definition) is 2. The van der Waals surface area contributed by atoms with Gasteiger partial charge in [-0.25, -0.2) is 0 Å². The summed E-state index contributed by atoms with van der Waals surface area (Å²) in [5.41, 5.74) is 0.712. The Balaban J connectivity index is 0.00000144. The van der Waals surface area contributed by atoms with Crippen LogP contribution < -0.4 is 34.7 Å². The molecule has 0 aromatic heterocycles. The summed E-state index contributed by atoms with van der Waals surface area (Å²) in [6.45, 7) is 0. The number of allylic oxidation sites excluding steroid dienone is 1. The summed E-state index contributed by atoms with van der Waals surface area (Å²) in [7, 11) is 0. The Kier molecular flexibility index (Phi) is 5.85. The Hall–Kier alpha value is -0.460. The minimum absolute atomic E-state index is 0. The molecular weight excluding hydrogens is 197 g/mol. The average Bonchev–Trinajstić information content (AvgIpc) is 2.10. The summed E-state index contributed by atoms with van der Waals surface area (Å²) in [5, 5.41) is 19.4. The monoisotopic (exact) mass is 201 g/mol. The van der Waals surface area contributed by atoms with Gasteiger partial charge < -0.3 is 5.11 Å². The summed E-state index contributed by atoms with van der Waals surface area (Å²) in [6.07, 6.45) is 0.531. The third-order valence-electron chi connectivity index (χ3n) is 1.39. The molecule has 0 N–H and O–H groups in total. The van der Waals surface area contributed by atoms with E-state index in [-0.39, 0.29) is 35.1 Å². The number of nitriles is 1. The number of halogens is 1. The van der Waals surface area contributed by atoms with Crippen molar-refractivity contribution in [2.24, 2.45) is 0 Å². The van der Waals surface area contributed by atoms with E-state index in [4.69, 9.17) is 16.9 Å². The van der Waals surface area contributed by atoms with Crippen molar-refractivity contribution in [2.45, 2.75) is 0 Å². The minimum atomic E-state index is 0. The zero-order valence-corrected chi connectivity index (χ0v) is 9.88. The molecule has 0 aliphatic carbocycles. The fraction of sp³-hybridized carbons (Fsp3) is 0. The molecule has 0 heterocycles. The maximum Gasteiger partial charge on any atom is 1.00 e. The zero-order valence-electron chi connectivity index (χ0n) is 7.12. The van der Waals surface area contributed by atoms with Crippen molar-refractivity contribution in [3.8, 4) is 6.07 Å². The largest absolute Gasteiger partial charge is 1.00 e. The SMILES string of the molecule is N#CC(=C[O-])c1ccc(Cl)cc1.[Na+]. The molecule has 0 amide bonds. The predicted molar refractivity (Wildman–Crippen MR) is 45.0 cm³/mol. The first-order chi connectivity index (χ1) is 5.77. The second-order valence-corrected chi connectivity index (χ2v) is 2.59. The minimum Gasteiger partial charge on any atom is -0.877 e. The third kappa shape index (κ3) is 3.41. The van der Waals surface area contributed by atoms with Gasteiger partial charge >= 0.3 is 29.6 Å². The van der Waals surface area contributed by atoms with E-state index in [0.29, 0.717) is 16.8 Å². The first-order valence-corrected chi connectivity index (χ1v) is 3.64. The van der Waals surface area contributed by atoms with E-state index in [2.05, 4.69) is 0 Å². The summed E-state index contributed by atoms with van der Waals surface area (Å²) in [5.74, 6) is 0. The molecular formula is C9H5ClNNaO. The topological polar surface area (TPSA) is 46.8 Å². The molecule has 1 rings (SSSR count). The Labute approximate surface area is 104 Å². The molecule has 0 saturated heterocycles. The molecule has 0 unspecified atom stereocenters. The maximum atomic E-state index is 10.3. The van der Waals surface area contributed by atoms with E-state index < -0.39 is 0 Å². The van der Waals surface area contributed by atoms with Gasteiger partial charge in [-0.1, -0.05) is 23.7 Å². The summed E-state index contributed by atoms with van der Waals surface area (Å²) in [4.78, 5) is 0. The number of hydrogen-bond donors (Lipinski definition) is 0. The Bertz CT molecular complexity index is 340. The second-order valence-electron chi connectivity index (χ2n) is 2.15. The predicted octanol–water partition coefficient (Wildman–Crippen LogP) is -1.43. The summed E-state index contributed by atoms with van der Waals surface area (Å²) in [6, 6.07) is 8.33. The van der Waals surface area contributed by atoms with Crippen LogP contribution in [0.25, 0.3) is 5.57 Å². The van der Waals surface area contributed by atoms with Crippen LogP contribution in [0.1, 0.15) is 5.56 Å². The molecule has 0 bridgehead atoms. The van der Waals surface area contributed by atoms with Crippen molar-refractivity contribution < 1.29 is 34.7 Å². The fourth-order valence-electron chi connectivity index (χ4n) is 0.788. The molecule has 1 aromatic rings. The van der Waals surface area contributed by atoms with Gasteiger partial charge in [0.05, 0.1) is 6.07 Å². The quantitative estimate of drug-likeness (QED) is 0.318. The molecule has 1 aromatic carbocycles. The van der Waals surface area contributed by atoms with Crippen LogP contribution in [0, 0.1) is 11.3 Å². The van der Waals surface area contributed by atoms with Crippen molar-refractivity contribution in [3.05, 3.63) is 41.1 Å². The zero-order chi connectivity index (χ0) is 8.97. The number of rotatable bonds is 1. The fourth-order valence-corrected chi connectivity index (χ4v) is 0.914. The van der Waals surface area contributed by atoms with Crippen molar-refractivity contribution in [2.75, 3.05) is 0 Å².